The molecule has 1 fully saturated rings. The third-order valence-corrected chi connectivity index (χ3v) is 2.94. The van der Waals surface area contributed by atoms with E-state index in [0.717, 1.165) is 0 Å². The second-order valence-corrected chi connectivity index (χ2v) is 4.12. The van der Waals surface area contributed by atoms with Crippen molar-refractivity contribution in [1.29, 1.82) is 0 Å². The van der Waals surface area contributed by atoms with Crippen molar-refractivity contribution in [1.82, 2.24) is 19.5 Å². The van der Waals surface area contributed by atoms with Crippen LogP contribution in [0.5, 0.6) is 0 Å². The van der Waals surface area contributed by atoms with Crippen LogP contribution >= 0.6 is 0 Å². The fraction of sp³-hybridized carbons (Fsp3) is 0.500. The maximum absolute atomic E-state index is 13.8. The molecule has 96 valence electrons. The van der Waals surface area contributed by atoms with Crippen LogP contribution in [-0.4, -0.2) is 43.5 Å². The number of hydrogen-bond donors (Lipinski definition) is 2. The number of anilines is 1. The maximum atomic E-state index is 13.8. The number of imidazole rings is 1. The van der Waals surface area contributed by atoms with Crippen molar-refractivity contribution in [2.45, 2.75) is 24.9 Å². The molecular formula is C10H11FN5O2Y+2. The van der Waals surface area contributed by atoms with Crippen LogP contribution in [0.1, 0.15) is 12.6 Å². The summed E-state index contributed by atoms with van der Waals surface area (Å²) in [5.41, 5.74) is 6.38. The van der Waals surface area contributed by atoms with Crippen LogP contribution < -0.4 is 5.73 Å². The number of hydrogen-bond acceptors (Lipinski definition) is 6. The number of alkyl halides is 1. The number of aliphatic hydroxyl groups excluding tert-OH is 1. The molecule has 0 amide bonds. The molecular weight excluding hydrogens is 330 g/mol. The molecule has 3 unspecified atom stereocenters. The van der Waals surface area contributed by atoms with E-state index in [2.05, 4.69) is 21.3 Å². The average molecular weight is 341 g/mol. The molecule has 1 saturated heterocycles. The zero-order valence-electron chi connectivity index (χ0n) is 9.90. The van der Waals surface area contributed by atoms with Crippen molar-refractivity contribution < 1.29 is 46.9 Å². The van der Waals surface area contributed by atoms with Gasteiger partial charge in [-0.3, -0.25) is 4.98 Å². The Hall–Kier alpha value is -0.696. The summed E-state index contributed by atoms with van der Waals surface area (Å²) in [6.07, 6.45) is 1.34. The van der Waals surface area contributed by atoms with Crippen molar-refractivity contribution >= 4 is 17.0 Å². The molecule has 0 radical (unpaired) electrons. The molecule has 1 aliphatic rings. The van der Waals surface area contributed by atoms with E-state index in [1.165, 1.54) is 10.9 Å². The summed E-state index contributed by atoms with van der Waals surface area (Å²) in [6.45, 7) is -0.215. The van der Waals surface area contributed by atoms with Crippen LogP contribution in [0.2, 0.25) is 0 Å². The third-order valence-electron chi connectivity index (χ3n) is 2.94. The quantitative estimate of drug-likeness (QED) is 0.736. The third kappa shape index (κ3) is 2.49. The molecule has 9 heteroatoms. The standard InChI is InChI=1S/C10H11FN5O2.Y/c11-6-1-5(2-17)18-10(6)16-4-15-7-8(12)13-3-14-9(7)16;/h4-6,10,17H,1-2H2,(H2,12,13,14);/q-1;+3. The Morgan fingerprint density at radius 2 is 2.37 bits per heavy atom. The largest absolute Gasteiger partial charge is 3.00 e. The normalized spacial score (nSPS) is 26.5. The van der Waals surface area contributed by atoms with Gasteiger partial charge >= 0.3 is 32.7 Å². The van der Waals surface area contributed by atoms with Gasteiger partial charge in [0.05, 0.1) is 24.7 Å². The minimum Gasteiger partial charge on any atom is -0.433 e. The van der Waals surface area contributed by atoms with E-state index in [0.29, 0.717) is 11.2 Å². The molecule has 19 heavy (non-hydrogen) atoms. The van der Waals surface area contributed by atoms with Crippen LogP contribution in [0.4, 0.5) is 10.2 Å². The molecule has 3 N–H and O–H groups in total. The van der Waals surface area contributed by atoms with Gasteiger partial charge in [0.1, 0.15) is 6.17 Å². The van der Waals surface area contributed by atoms with Gasteiger partial charge in [-0.05, 0) is 0 Å². The number of rotatable bonds is 2. The van der Waals surface area contributed by atoms with Crippen LogP contribution in [0.3, 0.4) is 0 Å². The number of aliphatic hydroxyl groups is 1. The van der Waals surface area contributed by atoms with Gasteiger partial charge in [-0.15, -0.1) is 0 Å². The van der Waals surface area contributed by atoms with E-state index in [9.17, 15) is 4.39 Å². The van der Waals surface area contributed by atoms with E-state index in [-0.39, 0.29) is 51.6 Å². The summed E-state index contributed by atoms with van der Waals surface area (Å²) >= 11 is 0. The maximum Gasteiger partial charge on any atom is 3.00 e. The van der Waals surface area contributed by atoms with Gasteiger partial charge in [0.15, 0.2) is 6.23 Å². The van der Waals surface area contributed by atoms with Gasteiger partial charge in [0.25, 0.3) is 0 Å². The molecule has 3 atom stereocenters. The summed E-state index contributed by atoms with van der Waals surface area (Å²) in [4.78, 5) is 11.6. The molecule has 2 aromatic heterocycles. The molecule has 0 saturated carbocycles. The van der Waals surface area contributed by atoms with Crippen molar-refractivity contribution in [3.05, 3.63) is 12.7 Å². The van der Waals surface area contributed by atoms with Crippen molar-refractivity contribution in [3.8, 4) is 0 Å². The summed E-state index contributed by atoms with van der Waals surface area (Å²) in [5.74, 6) is 0.186. The molecule has 0 spiro atoms. The first kappa shape index (κ1) is 14.7. The van der Waals surface area contributed by atoms with Gasteiger partial charge in [-0.1, -0.05) is 0 Å². The first-order valence-electron chi connectivity index (χ1n) is 5.47. The van der Waals surface area contributed by atoms with Gasteiger partial charge in [-0.2, -0.15) is 0 Å². The number of nitrogens with zero attached hydrogens (tertiary/aromatic N) is 4. The Balaban J connectivity index is 0.00000133. The molecule has 7 nitrogen and oxygen atoms in total. The molecule has 2 aromatic rings. The topological polar surface area (TPSA) is 99.1 Å². The first-order valence-corrected chi connectivity index (χ1v) is 5.47. The van der Waals surface area contributed by atoms with Gasteiger partial charge in [0, 0.05) is 24.1 Å². The summed E-state index contributed by atoms with van der Waals surface area (Å²) in [5, 5.41) is 8.99. The number of halogens is 1. The number of aromatic nitrogens is 4. The van der Waals surface area contributed by atoms with Crippen LogP contribution in [-0.2, 0) is 37.4 Å². The summed E-state index contributed by atoms with van der Waals surface area (Å²) in [6, 6.07) is 0. The van der Waals surface area contributed by atoms with Crippen molar-refractivity contribution in [2.24, 2.45) is 0 Å². The van der Waals surface area contributed by atoms with Gasteiger partial charge < -0.3 is 30.1 Å². The molecule has 3 heterocycles. The number of nitrogens with two attached hydrogens (primary N) is 1. The number of ether oxygens (including phenoxy) is 1. The summed E-state index contributed by atoms with van der Waals surface area (Å²) in [7, 11) is 0. The number of fused-ring (bicyclic) bond motifs is 1. The monoisotopic (exact) mass is 341 g/mol. The van der Waals surface area contributed by atoms with E-state index in [1.807, 2.05) is 0 Å². The molecule has 0 aliphatic carbocycles. The van der Waals surface area contributed by atoms with Gasteiger partial charge in [0.2, 0.25) is 0 Å². The molecule has 1 aliphatic heterocycles. The van der Waals surface area contributed by atoms with Crippen LogP contribution in [0.15, 0.2) is 6.33 Å². The van der Waals surface area contributed by atoms with E-state index < -0.39 is 18.5 Å². The minimum atomic E-state index is -1.23. The fourth-order valence-corrected chi connectivity index (χ4v) is 2.07. The van der Waals surface area contributed by atoms with Crippen LogP contribution in [0.25, 0.3) is 11.2 Å². The minimum absolute atomic E-state index is 0. The first-order chi connectivity index (χ1) is 8.70. The Morgan fingerprint density at radius 1 is 1.58 bits per heavy atom. The predicted octanol–water partition coefficient (Wildman–Crippen LogP) is -0.176. The molecule has 0 aromatic carbocycles. The predicted molar refractivity (Wildman–Crippen MR) is 59.1 cm³/mol. The Labute approximate surface area is 133 Å². The zero-order chi connectivity index (χ0) is 12.7. The van der Waals surface area contributed by atoms with E-state index in [4.69, 9.17) is 15.6 Å². The van der Waals surface area contributed by atoms with Gasteiger partial charge in [-0.25, -0.2) is 4.39 Å². The van der Waals surface area contributed by atoms with Crippen LogP contribution in [0, 0.1) is 6.33 Å². The average Bonchev–Trinajstić information content (AvgIpc) is 2.93. The zero-order valence-corrected chi connectivity index (χ0v) is 12.7. The SMILES string of the molecule is Nc1n[c-]nc2c1ncn2C1OC(CO)CC1F.[Y+3]. The van der Waals surface area contributed by atoms with Crippen molar-refractivity contribution in [3.63, 3.8) is 0 Å². The molecule has 0 bridgehead atoms. The van der Waals surface area contributed by atoms with E-state index >= 15 is 0 Å². The Morgan fingerprint density at radius 3 is 3.05 bits per heavy atom. The van der Waals surface area contributed by atoms with E-state index in [1.54, 1.807) is 0 Å². The number of nitrogen functional groups attached to an aromatic ring is 1. The Bertz CT molecular complexity index is 580. The smallest absolute Gasteiger partial charge is 0.433 e. The Kier molecular flexibility index (Phi) is 4.44. The van der Waals surface area contributed by atoms with Crippen molar-refractivity contribution in [2.75, 3.05) is 12.3 Å². The molecule has 3 rings (SSSR count). The fourth-order valence-electron chi connectivity index (χ4n) is 2.07. The second kappa shape index (κ2) is 5.74. The second-order valence-electron chi connectivity index (χ2n) is 4.12. The summed E-state index contributed by atoms with van der Waals surface area (Å²) < 4.78 is 20.7.